The molecule has 0 saturated heterocycles. The lowest BCUT2D eigenvalue weighted by Crippen LogP contribution is -2.34. The lowest BCUT2D eigenvalue weighted by molar-refractivity contribution is -0.139. The average Bonchev–Trinajstić information content (AvgIpc) is 3.12. The molecule has 0 rings (SSSR count). The van der Waals surface area contributed by atoms with Crippen LogP contribution < -0.4 is 11.5 Å². The number of aliphatic carboxylic acids is 1. The van der Waals surface area contributed by atoms with E-state index in [0.717, 1.165) is 41.9 Å². The standard InChI is InChI=1S/C7H15NO2.C7H17N.6C6H14.3CH4/c1-7(2,3)4-5(8)6(9)10;1-6(8)5-7(2,3)4;6*1-4-6(3)5-2;;;/h5H,4,8H2,1-3H3,(H,9,10);6H,5,8H2,1-4H3;6*6H,4-5H2,1-3H3;3*1H4. The van der Waals surface area contributed by atoms with Crippen molar-refractivity contribution in [1.29, 1.82) is 0 Å². The van der Waals surface area contributed by atoms with Crippen LogP contribution in [0.4, 0.5) is 0 Å². The predicted octanol–water partition coefficient (Wildman–Crippen LogP) is 19.2. The predicted molar refractivity (Wildman–Crippen MR) is 276 cm³/mol. The van der Waals surface area contributed by atoms with Crippen LogP contribution in [-0.2, 0) is 4.79 Å². The maximum Gasteiger partial charge on any atom is 0.320 e. The molecule has 0 spiro atoms. The van der Waals surface area contributed by atoms with Gasteiger partial charge in [-0.15, -0.1) is 0 Å². The molecule has 0 fully saturated rings. The van der Waals surface area contributed by atoms with E-state index in [-0.39, 0.29) is 27.7 Å². The molecule has 57 heavy (non-hydrogen) atoms. The van der Waals surface area contributed by atoms with Crippen molar-refractivity contribution in [2.45, 2.75) is 297 Å². The summed E-state index contributed by atoms with van der Waals surface area (Å²) < 4.78 is 0. The molecule has 2 unspecified atom stereocenters. The molecule has 0 aliphatic carbocycles. The third-order valence-electron chi connectivity index (χ3n) is 10.4. The van der Waals surface area contributed by atoms with Crippen molar-refractivity contribution in [2.75, 3.05) is 0 Å². The van der Waals surface area contributed by atoms with Crippen molar-refractivity contribution in [3.63, 3.8) is 0 Å². The smallest absolute Gasteiger partial charge is 0.320 e. The van der Waals surface area contributed by atoms with Crippen LogP contribution in [0.5, 0.6) is 0 Å². The lowest BCUT2D eigenvalue weighted by atomic mass is 9.88. The van der Waals surface area contributed by atoms with E-state index in [1.54, 1.807) is 0 Å². The van der Waals surface area contributed by atoms with Crippen LogP contribution in [0.15, 0.2) is 0 Å². The van der Waals surface area contributed by atoms with Gasteiger partial charge in [0.2, 0.25) is 0 Å². The molecule has 0 aromatic heterocycles. The minimum Gasteiger partial charge on any atom is -0.480 e. The molecule has 0 aromatic carbocycles. The SMILES string of the molecule is C.C.C.CC(C)(C)CC(N)C(=O)O.CC(N)CC(C)(C)C.CCC(C)CC.CCC(C)CC.CCC(C)CC.CCC(C)CC.CCC(C)CC.CCC(C)CC. The van der Waals surface area contributed by atoms with E-state index in [9.17, 15) is 4.79 Å². The van der Waals surface area contributed by atoms with Crippen LogP contribution in [0, 0.1) is 46.3 Å². The molecule has 4 heteroatoms. The summed E-state index contributed by atoms with van der Waals surface area (Å²) in [6.45, 7) is 55.0. The second kappa shape index (κ2) is 59.7. The molecule has 0 amide bonds. The summed E-state index contributed by atoms with van der Waals surface area (Å²) in [5, 5.41) is 8.42. The van der Waals surface area contributed by atoms with Gasteiger partial charge in [-0.1, -0.05) is 265 Å². The summed E-state index contributed by atoms with van der Waals surface area (Å²) in [4.78, 5) is 10.3. The fourth-order valence-electron chi connectivity index (χ4n) is 3.45. The summed E-state index contributed by atoms with van der Waals surface area (Å²) in [5.41, 5.74) is 11.3. The minimum absolute atomic E-state index is 0. The Morgan fingerprint density at radius 1 is 0.386 bits per heavy atom. The number of carboxylic acids is 1. The van der Waals surface area contributed by atoms with Crippen LogP contribution in [0.25, 0.3) is 0 Å². The van der Waals surface area contributed by atoms with E-state index in [1.807, 2.05) is 27.7 Å². The molecule has 2 atom stereocenters. The number of carbonyl (C=O) groups is 1. The first-order valence-electron chi connectivity index (χ1n) is 23.3. The first-order valence-corrected chi connectivity index (χ1v) is 23.3. The van der Waals surface area contributed by atoms with E-state index in [1.165, 1.54) is 77.0 Å². The summed E-state index contributed by atoms with van der Waals surface area (Å²) in [6, 6.07) is -0.380. The van der Waals surface area contributed by atoms with Gasteiger partial charge >= 0.3 is 5.97 Å². The van der Waals surface area contributed by atoms with E-state index >= 15 is 0 Å². The lowest BCUT2D eigenvalue weighted by Gasteiger charge is -2.20. The van der Waals surface area contributed by atoms with Gasteiger partial charge in [-0.05, 0) is 66.1 Å². The monoisotopic (exact) mass is 825 g/mol. The molecule has 5 N–H and O–H groups in total. The molecule has 0 heterocycles. The number of nitrogens with two attached hydrogens (primary N) is 2. The Kier molecular flexibility index (Phi) is 88.0. The first-order chi connectivity index (χ1) is 24.6. The van der Waals surface area contributed by atoms with Crippen molar-refractivity contribution in [1.82, 2.24) is 0 Å². The molecule has 362 valence electrons. The molecule has 0 bridgehead atoms. The number of hydrogen-bond donors (Lipinski definition) is 3. The van der Waals surface area contributed by atoms with Crippen molar-refractivity contribution in [3.05, 3.63) is 0 Å². The van der Waals surface area contributed by atoms with Gasteiger partial charge in [0.1, 0.15) is 6.04 Å². The van der Waals surface area contributed by atoms with E-state index in [2.05, 4.69) is 145 Å². The van der Waals surface area contributed by atoms with Gasteiger partial charge in [0.05, 0.1) is 0 Å². The molecule has 0 aromatic rings. The van der Waals surface area contributed by atoms with Gasteiger partial charge in [-0.3, -0.25) is 4.79 Å². The van der Waals surface area contributed by atoms with E-state index < -0.39 is 12.0 Å². The highest BCUT2D eigenvalue weighted by Gasteiger charge is 2.20. The Labute approximate surface area is 369 Å². The van der Waals surface area contributed by atoms with Gasteiger partial charge < -0.3 is 16.6 Å². The van der Waals surface area contributed by atoms with E-state index in [4.69, 9.17) is 16.6 Å². The zero-order valence-corrected chi connectivity index (χ0v) is 43.0. The van der Waals surface area contributed by atoms with E-state index in [0.29, 0.717) is 17.9 Å². The molecule has 0 radical (unpaired) electrons. The molecule has 0 aliphatic rings. The number of hydrogen-bond acceptors (Lipinski definition) is 3. The Morgan fingerprint density at radius 2 is 0.526 bits per heavy atom. The first kappa shape index (κ1) is 84.0. The fourth-order valence-corrected chi connectivity index (χ4v) is 3.45. The van der Waals surface area contributed by atoms with Gasteiger partial charge in [0.25, 0.3) is 0 Å². The summed E-state index contributed by atoms with van der Waals surface area (Å²) in [7, 11) is 0. The third-order valence-corrected chi connectivity index (χ3v) is 10.4. The van der Waals surface area contributed by atoms with Crippen LogP contribution in [0.1, 0.15) is 285 Å². The van der Waals surface area contributed by atoms with Crippen LogP contribution in [-0.4, -0.2) is 23.2 Å². The van der Waals surface area contributed by atoms with Crippen LogP contribution in [0.3, 0.4) is 0 Å². The third kappa shape index (κ3) is 113. The van der Waals surface area contributed by atoms with Crippen LogP contribution >= 0.6 is 0 Å². The Balaban J connectivity index is -0.0000000472. The maximum absolute atomic E-state index is 10.3. The maximum atomic E-state index is 10.3. The molecule has 4 nitrogen and oxygen atoms in total. The summed E-state index contributed by atoms with van der Waals surface area (Å²) in [6.07, 6.45) is 17.6. The topological polar surface area (TPSA) is 89.3 Å². The van der Waals surface area contributed by atoms with Crippen molar-refractivity contribution >= 4 is 5.97 Å². The van der Waals surface area contributed by atoms with Crippen molar-refractivity contribution in [3.8, 4) is 0 Å². The average molecular weight is 826 g/mol. The largest absolute Gasteiger partial charge is 0.480 e. The van der Waals surface area contributed by atoms with Crippen molar-refractivity contribution in [2.24, 2.45) is 57.8 Å². The highest BCUT2D eigenvalue weighted by atomic mass is 16.4. The highest BCUT2D eigenvalue weighted by molar-refractivity contribution is 5.73. The van der Waals surface area contributed by atoms with Gasteiger partial charge in [-0.2, -0.15) is 0 Å². The second-order valence-corrected chi connectivity index (χ2v) is 19.0. The quantitative estimate of drug-likeness (QED) is 0.153. The summed E-state index contributed by atoms with van der Waals surface area (Å²) >= 11 is 0. The number of rotatable bonds is 15. The number of carboxylic acid groups (broad SMARTS) is 1. The fraction of sp³-hybridized carbons (Fsp3) is 0.981. The normalized spacial score (nSPS) is 11.2. The Hall–Kier alpha value is -0.610. The molecular formula is C53H128N2O2. The van der Waals surface area contributed by atoms with Gasteiger partial charge in [-0.25, -0.2) is 0 Å². The molecule has 0 aliphatic heterocycles. The second-order valence-electron chi connectivity index (χ2n) is 19.0. The molecule has 0 saturated carbocycles. The Morgan fingerprint density at radius 3 is 0.544 bits per heavy atom. The van der Waals surface area contributed by atoms with Gasteiger partial charge in [0, 0.05) is 6.04 Å². The zero-order valence-electron chi connectivity index (χ0n) is 43.0. The summed E-state index contributed by atoms with van der Waals surface area (Å²) in [5.74, 6) is 4.69. The van der Waals surface area contributed by atoms with Gasteiger partial charge in [0.15, 0.2) is 0 Å². The van der Waals surface area contributed by atoms with Crippen LogP contribution in [0.2, 0.25) is 0 Å². The molecular weight excluding hydrogens is 697 g/mol. The van der Waals surface area contributed by atoms with Crippen molar-refractivity contribution < 1.29 is 9.90 Å². The zero-order chi connectivity index (χ0) is 45.1. The minimum atomic E-state index is -0.921. The highest BCUT2D eigenvalue weighted by Crippen LogP contribution is 2.20. The Bertz CT molecular complexity index is 549.